The van der Waals surface area contributed by atoms with Crippen LogP contribution in [0.15, 0.2) is 16.9 Å². The van der Waals surface area contributed by atoms with Crippen LogP contribution in [0.4, 0.5) is 0 Å². The molecule has 0 radical (unpaired) electrons. The topological polar surface area (TPSA) is 92.7 Å². The van der Waals surface area contributed by atoms with Gasteiger partial charge in [-0.05, 0) is 28.8 Å². The lowest BCUT2D eigenvalue weighted by atomic mass is 10.1. The quantitative estimate of drug-likeness (QED) is 0.706. The van der Waals surface area contributed by atoms with E-state index >= 15 is 0 Å². The summed E-state index contributed by atoms with van der Waals surface area (Å²) in [7, 11) is -1.98. The fourth-order valence-electron chi connectivity index (χ4n) is 2.18. The minimum absolute atomic E-state index is 0.166. The summed E-state index contributed by atoms with van der Waals surface area (Å²) in [5.41, 5.74) is 0. The average molecular weight is 407 g/mol. The van der Waals surface area contributed by atoms with Crippen molar-refractivity contribution >= 4 is 31.9 Å². The first-order valence-electron chi connectivity index (χ1n) is 7.09. The molecule has 10 heteroatoms. The molecule has 1 saturated heterocycles. The third-order valence-electron chi connectivity index (χ3n) is 3.52. The molecule has 1 fully saturated rings. The zero-order valence-corrected chi connectivity index (χ0v) is 15.4. The minimum Gasteiger partial charge on any atom is -0.458 e. The van der Waals surface area contributed by atoms with E-state index in [0.29, 0.717) is 13.1 Å². The Morgan fingerprint density at radius 2 is 2.13 bits per heavy atom. The Hall–Kier alpha value is -1.26. The molecule has 2 rings (SSSR count). The zero-order chi connectivity index (χ0) is 17.0. The van der Waals surface area contributed by atoms with Gasteiger partial charge in [0.15, 0.2) is 0 Å². The normalized spacial score (nSPS) is 19.0. The summed E-state index contributed by atoms with van der Waals surface area (Å²) >= 11 is 3.25. The van der Waals surface area contributed by atoms with Crippen molar-refractivity contribution < 1.29 is 17.9 Å². The molecule has 0 aliphatic carbocycles. The number of likely N-dealkylation sites (tertiary alicyclic amines) is 1. The summed E-state index contributed by atoms with van der Waals surface area (Å²) < 4.78 is 30.3. The second-order valence-electron chi connectivity index (χ2n) is 5.42. The van der Waals surface area contributed by atoms with E-state index in [-0.39, 0.29) is 24.6 Å². The average Bonchev–Trinajstić information content (AvgIpc) is 2.49. The van der Waals surface area contributed by atoms with E-state index in [4.69, 9.17) is 4.74 Å². The van der Waals surface area contributed by atoms with Gasteiger partial charge in [-0.2, -0.15) is 4.31 Å². The predicted octanol–water partition coefficient (Wildman–Crippen LogP) is 0.500. The van der Waals surface area contributed by atoms with Gasteiger partial charge in [-0.1, -0.05) is 0 Å². The van der Waals surface area contributed by atoms with Gasteiger partial charge in [-0.25, -0.2) is 18.4 Å². The van der Waals surface area contributed by atoms with E-state index in [1.54, 1.807) is 17.3 Å². The molecule has 0 spiro atoms. The Labute approximate surface area is 144 Å². The summed E-state index contributed by atoms with van der Waals surface area (Å²) in [5.74, 6) is -0.233. The van der Waals surface area contributed by atoms with Crippen LogP contribution in [-0.2, 0) is 14.8 Å². The van der Waals surface area contributed by atoms with Gasteiger partial charge in [-0.15, -0.1) is 0 Å². The van der Waals surface area contributed by atoms with Crippen LogP contribution in [0.1, 0.15) is 12.8 Å². The first-order chi connectivity index (χ1) is 10.8. The highest BCUT2D eigenvalue weighted by Crippen LogP contribution is 2.16. The third-order valence-corrected chi connectivity index (χ3v) is 5.19. The molecule has 0 bridgehead atoms. The lowest BCUT2D eigenvalue weighted by Crippen LogP contribution is -2.48. The number of aromatic nitrogens is 2. The second-order valence-corrected chi connectivity index (χ2v) is 8.43. The van der Waals surface area contributed by atoms with Gasteiger partial charge < -0.3 is 9.64 Å². The number of carbonyl (C=O) groups excluding carboxylic acids is 1. The van der Waals surface area contributed by atoms with Crippen molar-refractivity contribution in [3.63, 3.8) is 0 Å². The van der Waals surface area contributed by atoms with Crippen LogP contribution in [0, 0.1) is 0 Å². The standard InChI is InChI=1S/C13H19BrN4O4S/c1-17(23(2,20)21)9-12(19)18-5-3-4-11(8-18)22-13-15-6-10(14)7-16-13/h6-7,11H,3-5,8-9H2,1-2H3/t11-/m0/s1. The number of amides is 1. The molecule has 0 saturated carbocycles. The largest absolute Gasteiger partial charge is 0.458 e. The van der Waals surface area contributed by atoms with Crippen LogP contribution < -0.4 is 4.74 Å². The number of piperidine rings is 1. The molecule has 8 nitrogen and oxygen atoms in total. The molecule has 0 aromatic carbocycles. The molecule has 1 atom stereocenters. The molecule has 1 aromatic rings. The number of carbonyl (C=O) groups is 1. The van der Waals surface area contributed by atoms with Gasteiger partial charge in [-0.3, -0.25) is 4.79 Å². The lowest BCUT2D eigenvalue weighted by Gasteiger charge is -2.33. The Morgan fingerprint density at radius 1 is 1.48 bits per heavy atom. The van der Waals surface area contributed by atoms with E-state index in [1.807, 2.05) is 0 Å². The number of nitrogens with zero attached hydrogens (tertiary/aromatic N) is 4. The maximum absolute atomic E-state index is 12.2. The van der Waals surface area contributed by atoms with Crippen molar-refractivity contribution in [2.75, 3.05) is 32.9 Å². The highest BCUT2D eigenvalue weighted by Gasteiger charge is 2.27. The SMILES string of the molecule is CN(CC(=O)N1CCC[C@H](Oc2ncc(Br)cn2)C1)S(C)(=O)=O. The molecule has 1 aliphatic rings. The van der Waals surface area contributed by atoms with Gasteiger partial charge >= 0.3 is 6.01 Å². The summed E-state index contributed by atoms with van der Waals surface area (Å²) in [6.07, 6.45) is 5.65. The van der Waals surface area contributed by atoms with Crippen molar-refractivity contribution in [2.45, 2.75) is 18.9 Å². The Bertz CT molecular complexity index is 652. The summed E-state index contributed by atoms with van der Waals surface area (Å²) in [6.45, 7) is 0.827. The Kier molecular flexibility index (Phi) is 5.93. The molecule has 128 valence electrons. The number of hydrogen-bond acceptors (Lipinski definition) is 6. The van der Waals surface area contributed by atoms with E-state index in [9.17, 15) is 13.2 Å². The molecule has 23 heavy (non-hydrogen) atoms. The molecule has 1 aliphatic heterocycles. The van der Waals surface area contributed by atoms with Gasteiger partial charge in [0.2, 0.25) is 15.9 Å². The molecular formula is C13H19BrN4O4S. The number of ether oxygens (including phenoxy) is 1. The molecular weight excluding hydrogens is 388 g/mol. The number of sulfonamides is 1. The first kappa shape index (κ1) is 18.1. The smallest absolute Gasteiger partial charge is 0.316 e. The number of rotatable bonds is 5. The maximum Gasteiger partial charge on any atom is 0.316 e. The monoisotopic (exact) mass is 406 g/mol. The third kappa shape index (κ3) is 5.40. The van der Waals surface area contributed by atoms with Crippen molar-refractivity contribution in [3.8, 4) is 6.01 Å². The van der Waals surface area contributed by atoms with E-state index in [1.165, 1.54) is 7.05 Å². The van der Waals surface area contributed by atoms with Crippen molar-refractivity contribution in [3.05, 3.63) is 16.9 Å². The predicted molar refractivity (Wildman–Crippen MR) is 87.4 cm³/mol. The van der Waals surface area contributed by atoms with Crippen LogP contribution in [0.25, 0.3) is 0 Å². The maximum atomic E-state index is 12.2. The van der Waals surface area contributed by atoms with E-state index < -0.39 is 10.0 Å². The van der Waals surface area contributed by atoms with Crippen LogP contribution in [-0.4, -0.2) is 72.5 Å². The van der Waals surface area contributed by atoms with Crippen molar-refractivity contribution in [1.82, 2.24) is 19.2 Å². The molecule has 1 amide bonds. The van der Waals surface area contributed by atoms with Gasteiger partial charge in [0.25, 0.3) is 0 Å². The summed E-state index contributed by atoms with van der Waals surface area (Å²) in [5, 5.41) is 0. The van der Waals surface area contributed by atoms with Crippen LogP contribution >= 0.6 is 15.9 Å². The van der Waals surface area contributed by atoms with Gasteiger partial charge in [0.05, 0.1) is 23.8 Å². The number of likely N-dealkylation sites (N-methyl/N-ethyl adjacent to an activating group) is 1. The highest BCUT2D eigenvalue weighted by molar-refractivity contribution is 9.10. The summed E-state index contributed by atoms with van der Waals surface area (Å²) in [4.78, 5) is 21.9. The Balaban J connectivity index is 1.92. The van der Waals surface area contributed by atoms with E-state index in [2.05, 4.69) is 25.9 Å². The van der Waals surface area contributed by atoms with Crippen molar-refractivity contribution in [1.29, 1.82) is 0 Å². The zero-order valence-electron chi connectivity index (χ0n) is 13.0. The minimum atomic E-state index is -3.37. The fourth-order valence-corrected chi connectivity index (χ4v) is 2.73. The fraction of sp³-hybridized carbons (Fsp3) is 0.615. The second kappa shape index (κ2) is 7.54. The van der Waals surface area contributed by atoms with Crippen LogP contribution in [0.3, 0.4) is 0 Å². The van der Waals surface area contributed by atoms with Gasteiger partial charge in [0, 0.05) is 26.0 Å². The Morgan fingerprint density at radius 3 is 2.74 bits per heavy atom. The molecule has 0 unspecified atom stereocenters. The highest BCUT2D eigenvalue weighted by atomic mass is 79.9. The lowest BCUT2D eigenvalue weighted by molar-refractivity contribution is -0.133. The molecule has 1 aromatic heterocycles. The van der Waals surface area contributed by atoms with Crippen LogP contribution in [0.5, 0.6) is 6.01 Å². The summed E-state index contributed by atoms with van der Waals surface area (Å²) in [6, 6.07) is 0.265. The molecule has 2 heterocycles. The number of halogens is 1. The van der Waals surface area contributed by atoms with Crippen LogP contribution in [0.2, 0.25) is 0 Å². The van der Waals surface area contributed by atoms with Crippen molar-refractivity contribution in [2.24, 2.45) is 0 Å². The van der Waals surface area contributed by atoms with Gasteiger partial charge in [0.1, 0.15) is 6.10 Å². The number of hydrogen-bond donors (Lipinski definition) is 0. The molecule has 0 N–H and O–H groups in total. The first-order valence-corrected chi connectivity index (χ1v) is 9.73. The van der Waals surface area contributed by atoms with E-state index in [0.717, 1.165) is 27.9 Å².